The van der Waals surface area contributed by atoms with Crippen LogP contribution < -0.4 is 15.0 Å². The van der Waals surface area contributed by atoms with Crippen LogP contribution in [0.2, 0.25) is 0 Å². The van der Waals surface area contributed by atoms with Crippen LogP contribution in [0, 0.1) is 10.1 Å². The topological polar surface area (TPSA) is 83.6 Å². The van der Waals surface area contributed by atoms with Crippen LogP contribution in [-0.2, 0) is 6.54 Å². The molecule has 0 saturated carbocycles. The predicted octanol–water partition coefficient (Wildman–Crippen LogP) is 4.45. The van der Waals surface area contributed by atoms with Crippen LogP contribution in [0.5, 0.6) is 11.5 Å². The average Bonchev–Trinajstić information content (AvgIpc) is 2.63. The first-order chi connectivity index (χ1) is 12.9. The summed E-state index contributed by atoms with van der Waals surface area (Å²) in [5.74, 6) is 0.497. The van der Waals surface area contributed by atoms with E-state index in [4.69, 9.17) is 9.47 Å². The predicted molar refractivity (Wildman–Crippen MR) is 106 cm³/mol. The van der Waals surface area contributed by atoms with Crippen LogP contribution >= 0.6 is 0 Å². The van der Waals surface area contributed by atoms with E-state index in [1.54, 1.807) is 6.07 Å². The summed E-state index contributed by atoms with van der Waals surface area (Å²) in [5, 5.41) is 11.8. The third kappa shape index (κ3) is 4.67. The average molecular weight is 374 g/mol. The second-order valence-electron chi connectivity index (χ2n) is 6.46. The van der Waals surface area contributed by atoms with Crippen molar-refractivity contribution >= 4 is 16.6 Å². The summed E-state index contributed by atoms with van der Waals surface area (Å²) in [6.07, 6.45) is 3.66. The van der Waals surface area contributed by atoms with Crippen molar-refractivity contribution in [2.75, 3.05) is 13.2 Å². The number of nitro groups is 1. The maximum atomic E-state index is 13.0. The Bertz CT molecular complexity index is 911. The molecular formula is C20H26N2O5. The van der Waals surface area contributed by atoms with Crippen molar-refractivity contribution in [2.45, 2.75) is 47.1 Å². The molecule has 0 saturated heterocycles. The SMILES string of the molecule is CCCCOc1c(OCC=C(C)C)c2ccc([N+](=O)[O-])cc2n(CC)c1=O. The summed E-state index contributed by atoms with van der Waals surface area (Å²) in [6, 6.07) is 4.43. The lowest BCUT2D eigenvalue weighted by atomic mass is 10.1. The minimum absolute atomic E-state index is 0.0704. The van der Waals surface area contributed by atoms with Gasteiger partial charge in [-0.1, -0.05) is 18.9 Å². The molecule has 0 aliphatic heterocycles. The van der Waals surface area contributed by atoms with Crippen LogP contribution in [0.3, 0.4) is 0 Å². The van der Waals surface area contributed by atoms with Gasteiger partial charge in [-0.2, -0.15) is 0 Å². The fourth-order valence-corrected chi connectivity index (χ4v) is 2.70. The normalized spacial score (nSPS) is 10.7. The second-order valence-corrected chi connectivity index (χ2v) is 6.46. The van der Waals surface area contributed by atoms with Crippen molar-refractivity contribution in [3.05, 3.63) is 50.3 Å². The van der Waals surface area contributed by atoms with E-state index < -0.39 is 4.92 Å². The van der Waals surface area contributed by atoms with Gasteiger partial charge in [0.1, 0.15) is 6.61 Å². The number of ether oxygens (including phenoxy) is 2. The van der Waals surface area contributed by atoms with E-state index in [0.717, 1.165) is 18.4 Å². The molecule has 0 unspecified atom stereocenters. The molecule has 2 rings (SSSR count). The van der Waals surface area contributed by atoms with Gasteiger partial charge in [-0.15, -0.1) is 0 Å². The van der Waals surface area contributed by atoms with Crippen LogP contribution in [0.1, 0.15) is 40.5 Å². The number of hydrogen-bond donors (Lipinski definition) is 0. The quantitative estimate of drug-likeness (QED) is 0.280. The molecule has 0 fully saturated rings. The molecule has 0 amide bonds. The van der Waals surface area contributed by atoms with Crippen LogP contribution in [0.15, 0.2) is 34.6 Å². The Kier molecular flexibility index (Phi) is 6.98. The summed E-state index contributed by atoms with van der Waals surface area (Å²) in [4.78, 5) is 23.7. The molecular weight excluding hydrogens is 348 g/mol. The maximum absolute atomic E-state index is 13.0. The van der Waals surface area contributed by atoms with Gasteiger partial charge in [0.2, 0.25) is 5.75 Å². The summed E-state index contributed by atoms with van der Waals surface area (Å²) in [7, 11) is 0. The molecule has 1 heterocycles. The number of aryl methyl sites for hydroxylation is 1. The molecule has 0 bridgehead atoms. The largest absolute Gasteiger partial charge is 0.485 e. The first-order valence-electron chi connectivity index (χ1n) is 9.14. The van der Waals surface area contributed by atoms with Gasteiger partial charge in [0.25, 0.3) is 11.2 Å². The Morgan fingerprint density at radius 3 is 2.56 bits per heavy atom. The number of nitrogens with zero attached hydrogens (tertiary/aromatic N) is 2. The molecule has 0 radical (unpaired) electrons. The molecule has 0 N–H and O–H groups in total. The lowest BCUT2D eigenvalue weighted by molar-refractivity contribution is -0.384. The van der Waals surface area contributed by atoms with Gasteiger partial charge < -0.3 is 14.0 Å². The van der Waals surface area contributed by atoms with E-state index in [1.165, 1.54) is 16.7 Å². The Balaban J connectivity index is 2.69. The number of hydrogen-bond acceptors (Lipinski definition) is 5. The van der Waals surface area contributed by atoms with E-state index in [1.807, 2.05) is 33.8 Å². The van der Waals surface area contributed by atoms with Crippen LogP contribution in [0.4, 0.5) is 5.69 Å². The smallest absolute Gasteiger partial charge is 0.297 e. The molecule has 7 heteroatoms. The van der Waals surface area contributed by atoms with Crippen molar-refractivity contribution in [1.82, 2.24) is 4.57 Å². The Morgan fingerprint density at radius 1 is 1.22 bits per heavy atom. The molecule has 0 aliphatic rings. The third-order valence-corrected chi connectivity index (χ3v) is 4.15. The summed E-state index contributed by atoms with van der Waals surface area (Å²) < 4.78 is 13.2. The van der Waals surface area contributed by atoms with Crippen molar-refractivity contribution in [2.24, 2.45) is 0 Å². The van der Waals surface area contributed by atoms with Gasteiger partial charge in [0.15, 0.2) is 5.75 Å². The molecule has 1 aromatic heterocycles. The van der Waals surface area contributed by atoms with Crippen molar-refractivity contribution in [3.8, 4) is 11.5 Å². The molecule has 27 heavy (non-hydrogen) atoms. The molecule has 0 spiro atoms. The van der Waals surface area contributed by atoms with Crippen molar-refractivity contribution in [3.63, 3.8) is 0 Å². The molecule has 2 aromatic rings. The minimum Gasteiger partial charge on any atom is -0.485 e. The van der Waals surface area contributed by atoms with Gasteiger partial charge >= 0.3 is 0 Å². The number of nitro benzene ring substituents is 1. The first kappa shape index (κ1) is 20.5. The zero-order chi connectivity index (χ0) is 20.0. The van der Waals surface area contributed by atoms with Crippen molar-refractivity contribution in [1.29, 1.82) is 0 Å². The number of benzene rings is 1. The molecule has 7 nitrogen and oxygen atoms in total. The zero-order valence-corrected chi connectivity index (χ0v) is 16.3. The standard InChI is InChI=1S/C20H26N2O5/c1-5-7-11-26-19-18(27-12-10-14(3)4)16-9-8-15(22(24)25)13-17(16)21(6-2)20(19)23/h8-10,13H,5-7,11-12H2,1-4H3. The highest BCUT2D eigenvalue weighted by Gasteiger charge is 2.21. The Hall–Kier alpha value is -2.83. The summed E-state index contributed by atoms with van der Waals surface area (Å²) >= 11 is 0. The fraction of sp³-hybridized carbons (Fsp3) is 0.450. The first-order valence-corrected chi connectivity index (χ1v) is 9.14. The number of aromatic nitrogens is 1. The van der Waals surface area contributed by atoms with Crippen LogP contribution in [0.25, 0.3) is 10.9 Å². The van der Waals surface area contributed by atoms with E-state index in [2.05, 4.69) is 0 Å². The van der Waals surface area contributed by atoms with Crippen molar-refractivity contribution < 1.29 is 14.4 Å². The maximum Gasteiger partial charge on any atom is 0.297 e. The highest BCUT2D eigenvalue weighted by Crippen LogP contribution is 2.34. The van der Waals surface area contributed by atoms with Gasteiger partial charge in [0.05, 0.1) is 17.0 Å². The highest BCUT2D eigenvalue weighted by molar-refractivity contribution is 5.89. The lowest BCUT2D eigenvalue weighted by Crippen LogP contribution is -2.23. The summed E-state index contributed by atoms with van der Waals surface area (Å²) in [5.41, 5.74) is 1.14. The Labute approximate surface area is 158 Å². The molecule has 0 atom stereocenters. The monoisotopic (exact) mass is 374 g/mol. The number of unbranched alkanes of at least 4 members (excludes halogenated alkanes) is 1. The number of fused-ring (bicyclic) bond motifs is 1. The van der Waals surface area contributed by atoms with E-state index in [9.17, 15) is 14.9 Å². The minimum atomic E-state index is -0.473. The number of pyridine rings is 1. The highest BCUT2D eigenvalue weighted by atomic mass is 16.6. The second kappa shape index (κ2) is 9.21. The number of rotatable bonds is 9. The lowest BCUT2D eigenvalue weighted by Gasteiger charge is -2.17. The van der Waals surface area contributed by atoms with Gasteiger partial charge in [-0.05, 0) is 39.3 Å². The molecule has 146 valence electrons. The summed E-state index contributed by atoms with van der Waals surface area (Å²) in [6.45, 7) is 8.84. The van der Waals surface area contributed by atoms with Gasteiger partial charge in [0, 0.05) is 24.1 Å². The Morgan fingerprint density at radius 2 is 1.96 bits per heavy atom. The fourth-order valence-electron chi connectivity index (χ4n) is 2.70. The molecule has 0 aliphatic carbocycles. The van der Waals surface area contributed by atoms with Gasteiger partial charge in [-0.3, -0.25) is 14.9 Å². The van der Waals surface area contributed by atoms with Gasteiger partial charge in [-0.25, -0.2) is 0 Å². The number of allylic oxidation sites excluding steroid dienone is 1. The van der Waals surface area contributed by atoms with E-state index >= 15 is 0 Å². The third-order valence-electron chi connectivity index (χ3n) is 4.15. The number of non-ortho nitro benzene ring substituents is 1. The van der Waals surface area contributed by atoms with E-state index in [0.29, 0.717) is 29.8 Å². The van der Waals surface area contributed by atoms with E-state index in [-0.39, 0.29) is 23.6 Å². The zero-order valence-electron chi connectivity index (χ0n) is 16.3. The van der Waals surface area contributed by atoms with Crippen LogP contribution in [-0.4, -0.2) is 22.7 Å². The molecule has 1 aromatic carbocycles.